The van der Waals surface area contributed by atoms with E-state index in [1.165, 1.54) is 11.9 Å². The van der Waals surface area contributed by atoms with E-state index >= 15 is 0 Å². The Balaban J connectivity index is 1.41. The Labute approximate surface area is 139 Å². The van der Waals surface area contributed by atoms with Crippen LogP contribution in [0.4, 0.5) is 5.69 Å². The van der Waals surface area contributed by atoms with Crippen LogP contribution >= 0.6 is 0 Å². The zero-order valence-corrected chi connectivity index (χ0v) is 13.1. The van der Waals surface area contributed by atoms with Gasteiger partial charge in [-0.2, -0.15) is 0 Å². The standard InChI is InChI=1S/C17H18N6O/c24-17(18-11-10-14-4-2-1-3-5-14)12-19-15-6-8-16(9-7-15)23-13-20-21-22-23/h1-9,13,19H,10-12H2,(H,18,24). The minimum atomic E-state index is -0.0320. The van der Waals surface area contributed by atoms with E-state index in [2.05, 4.69) is 38.3 Å². The van der Waals surface area contributed by atoms with Gasteiger partial charge in [0.2, 0.25) is 5.91 Å². The van der Waals surface area contributed by atoms with E-state index in [1.807, 2.05) is 42.5 Å². The summed E-state index contributed by atoms with van der Waals surface area (Å²) in [6.45, 7) is 0.863. The zero-order valence-electron chi connectivity index (χ0n) is 13.1. The van der Waals surface area contributed by atoms with Crippen molar-refractivity contribution in [3.8, 4) is 5.69 Å². The highest BCUT2D eigenvalue weighted by Gasteiger charge is 2.02. The third-order valence-electron chi connectivity index (χ3n) is 3.51. The van der Waals surface area contributed by atoms with Gasteiger partial charge < -0.3 is 10.6 Å². The first-order chi connectivity index (χ1) is 11.8. The van der Waals surface area contributed by atoms with E-state index < -0.39 is 0 Å². The lowest BCUT2D eigenvalue weighted by atomic mass is 10.1. The fraction of sp³-hybridized carbons (Fsp3) is 0.176. The fourth-order valence-electron chi connectivity index (χ4n) is 2.25. The van der Waals surface area contributed by atoms with Crippen LogP contribution in [0.5, 0.6) is 0 Å². The summed E-state index contributed by atoms with van der Waals surface area (Å²) in [4.78, 5) is 11.9. The van der Waals surface area contributed by atoms with Crippen LogP contribution in [0.3, 0.4) is 0 Å². The average Bonchev–Trinajstić information content (AvgIpc) is 3.16. The minimum absolute atomic E-state index is 0.0320. The minimum Gasteiger partial charge on any atom is -0.376 e. The lowest BCUT2D eigenvalue weighted by Gasteiger charge is -2.08. The number of rotatable bonds is 7. The summed E-state index contributed by atoms with van der Waals surface area (Å²) in [6.07, 6.45) is 2.36. The van der Waals surface area contributed by atoms with Gasteiger partial charge >= 0.3 is 0 Å². The predicted molar refractivity (Wildman–Crippen MR) is 90.8 cm³/mol. The molecule has 0 spiro atoms. The SMILES string of the molecule is O=C(CNc1ccc(-n2cnnn2)cc1)NCCc1ccccc1. The monoisotopic (exact) mass is 322 g/mol. The number of anilines is 1. The quantitative estimate of drug-likeness (QED) is 0.687. The lowest BCUT2D eigenvalue weighted by Crippen LogP contribution is -2.31. The Bertz CT molecular complexity index is 756. The van der Waals surface area contributed by atoms with Gasteiger partial charge in [0.25, 0.3) is 0 Å². The van der Waals surface area contributed by atoms with Gasteiger partial charge in [0.05, 0.1) is 12.2 Å². The smallest absolute Gasteiger partial charge is 0.239 e. The number of carbonyl (C=O) groups is 1. The molecular formula is C17H18N6O. The van der Waals surface area contributed by atoms with Crippen LogP contribution in [0.15, 0.2) is 60.9 Å². The summed E-state index contributed by atoms with van der Waals surface area (Å²) in [5.74, 6) is -0.0320. The number of hydrogen-bond donors (Lipinski definition) is 2. The molecule has 2 N–H and O–H groups in total. The van der Waals surface area contributed by atoms with Crippen molar-refractivity contribution in [2.75, 3.05) is 18.4 Å². The molecule has 3 aromatic rings. The maximum Gasteiger partial charge on any atom is 0.239 e. The Kier molecular flexibility index (Phi) is 5.14. The number of hydrogen-bond acceptors (Lipinski definition) is 5. The number of nitrogens with one attached hydrogen (secondary N) is 2. The molecule has 0 unspecified atom stereocenters. The predicted octanol–water partition coefficient (Wildman–Crippen LogP) is 1.43. The van der Waals surface area contributed by atoms with Crippen molar-refractivity contribution < 1.29 is 4.79 Å². The first kappa shape index (κ1) is 15.7. The molecule has 1 heterocycles. The second kappa shape index (κ2) is 7.87. The molecule has 0 bridgehead atoms. The molecule has 0 aliphatic heterocycles. The van der Waals surface area contributed by atoms with E-state index in [0.29, 0.717) is 6.54 Å². The molecule has 0 saturated heterocycles. The largest absolute Gasteiger partial charge is 0.376 e. The van der Waals surface area contributed by atoms with E-state index in [1.54, 1.807) is 4.68 Å². The van der Waals surface area contributed by atoms with Crippen molar-refractivity contribution in [3.63, 3.8) is 0 Å². The molecule has 0 saturated carbocycles. The molecule has 7 heteroatoms. The third kappa shape index (κ3) is 4.39. The van der Waals surface area contributed by atoms with Crippen molar-refractivity contribution in [1.29, 1.82) is 0 Å². The topological polar surface area (TPSA) is 84.7 Å². The molecule has 122 valence electrons. The molecular weight excluding hydrogens is 304 g/mol. The Morgan fingerprint density at radius 3 is 2.54 bits per heavy atom. The molecule has 0 aliphatic rings. The number of nitrogens with zero attached hydrogens (tertiary/aromatic N) is 4. The maximum atomic E-state index is 11.9. The second-order valence-electron chi connectivity index (χ2n) is 5.24. The first-order valence-electron chi connectivity index (χ1n) is 7.69. The zero-order chi connectivity index (χ0) is 16.6. The molecule has 0 fully saturated rings. The van der Waals surface area contributed by atoms with Crippen LogP contribution in [0.2, 0.25) is 0 Å². The van der Waals surface area contributed by atoms with E-state index in [-0.39, 0.29) is 12.5 Å². The highest BCUT2D eigenvalue weighted by molar-refractivity contribution is 5.80. The van der Waals surface area contributed by atoms with Gasteiger partial charge in [0.15, 0.2) is 0 Å². The van der Waals surface area contributed by atoms with Gasteiger partial charge in [-0.05, 0) is 46.7 Å². The number of benzene rings is 2. The normalized spacial score (nSPS) is 10.3. The number of carbonyl (C=O) groups excluding carboxylic acids is 1. The highest BCUT2D eigenvalue weighted by Crippen LogP contribution is 2.11. The molecule has 7 nitrogen and oxygen atoms in total. The van der Waals surface area contributed by atoms with Crippen LogP contribution in [0.25, 0.3) is 5.69 Å². The molecule has 24 heavy (non-hydrogen) atoms. The van der Waals surface area contributed by atoms with Crippen molar-refractivity contribution in [2.24, 2.45) is 0 Å². The molecule has 2 aromatic carbocycles. The lowest BCUT2D eigenvalue weighted by molar-refractivity contribution is -0.119. The van der Waals surface area contributed by atoms with Crippen LogP contribution < -0.4 is 10.6 Å². The van der Waals surface area contributed by atoms with Crippen LogP contribution in [0.1, 0.15) is 5.56 Å². The highest BCUT2D eigenvalue weighted by atomic mass is 16.1. The van der Waals surface area contributed by atoms with E-state index in [0.717, 1.165) is 17.8 Å². The van der Waals surface area contributed by atoms with Crippen LogP contribution in [-0.4, -0.2) is 39.2 Å². The Morgan fingerprint density at radius 1 is 1.04 bits per heavy atom. The second-order valence-corrected chi connectivity index (χ2v) is 5.24. The van der Waals surface area contributed by atoms with Crippen LogP contribution in [-0.2, 0) is 11.2 Å². The fourth-order valence-corrected chi connectivity index (χ4v) is 2.25. The summed E-state index contributed by atoms with van der Waals surface area (Å²) >= 11 is 0. The summed E-state index contributed by atoms with van der Waals surface area (Å²) < 4.78 is 1.57. The summed E-state index contributed by atoms with van der Waals surface area (Å²) in [7, 11) is 0. The van der Waals surface area contributed by atoms with Gasteiger partial charge in [-0.1, -0.05) is 30.3 Å². The van der Waals surface area contributed by atoms with Crippen molar-refractivity contribution in [1.82, 2.24) is 25.5 Å². The summed E-state index contributed by atoms with van der Waals surface area (Å²) in [6, 6.07) is 17.6. The van der Waals surface area contributed by atoms with Gasteiger partial charge in [0.1, 0.15) is 6.33 Å². The van der Waals surface area contributed by atoms with E-state index in [9.17, 15) is 4.79 Å². The van der Waals surface area contributed by atoms with Gasteiger partial charge in [0, 0.05) is 12.2 Å². The molecule has 3 rings (SSSR count). The summed E-state index contributed by atoms with van der Waals surface area (Å²) in [5.41, 5.74) is 2.94. The molecule has 1 aromatic heterocycles. The van der Waals surface area contributed by atoms with Gasteiger partial charge in [-0.25, -0.2) is 4.68 Å². The molecule has 0 aliphatic carbocycles. The van der Waals surface area contributed by atoms with Crippen LogP contribution in [0, 0.1) is 0 Å². The molecule has 0 radical (unpaired) electrons. The van der Waals surface area contributed by atoms with E-state index in [4.69, 9.17) is 0 Å². The van der Waals surface area contributed by atoms with Crippen molar-refractivity contribution >= 4 is 11.6 Å². The number of aromatic nitrogens is 4. The summed E-state index contributed by atoms with van der Waals surface area (Å²) in [5, 5.41) is 17.0. The first-order valence-corrected chi connectivity index (χ1v) is 7.69. The Morgan fingerprint density at radius 2 is 1.83 bits per heavy atom. The van der Waals surface area contributed by atoms with Gasteiger partial charge in [-0.15, -0.1) is 5.10 Å². The Hall–Kier alpha value is -3.22. The maximum absolute atomic E-state index is 11.9. The average molecular weight is 322 g/mol. The van der Waals surface area contributed by atoms with Crippen molar-refractivity contribution in [2.45, 2.75) is 6.42 Å². The number of amides is 1. The third-order valence-corrected chi connectivity index (χ3v) is 3.51. The van der Waals surface area contributed by atoms with Crippen molar-refractivity contribution in [3.05, 3.63) is 66.5 Å². The van der Waals surface area contributed by atoms with Gasteiger partial charge in [-0.3, -0.25) is 4.79 Å². The molecule has 1 amide bonds. The molecule has 0 atom stereocenters. The number of tetrazole rings is 1.